The number of fused-ring (bicyclic) bond motifs is 3. The Morgan fingerprint density at radius 3 is 2.42 bits per heavy atom. The Hall–Kier alpha value is -4.54. The molecule has 57 heavy (non-hydrogen) atoms. The summed E-state index contributed by atoms with van der Waals surface area (Å²) >= 11 is 0. The van der Waals surface area contributed by atoms with Crippen LogP contribution in [0.15, 0.2) is 42.6 Å². The van der Waals surface area contributed by atoms with E-state index in [4.69, 9.17) is 9.47 Å². The number of benzene rings is 1. The Morgan fingerprint density at radius 1 is 1.12 bits per heavy atom. The van der Waals surface area contributed by atoms with Gasteiger partial charge in [0.2, 0.25) is 27.7 Å². The lowest BCUT2D eigenvalue weighted by molar-refractivity contribution is -0.157. The summed E-state index contributed by atoms with van der Waals surface area (Å²) < 4.78 is 70.7. The van der Waals surface area contributed by atoms with Crippen LogP contribution >= 0.6 is 0 Å². The van der Waals surface area contributed by atoms with E-state index in [2.05, 4.69) is 15.0 Å². The molecule has 1 aromatic heterocycles. The van der Waals surface area contributed by atoms with Gasteiger partial charge in [-0.2, -0.15) is 0 Å². The Bertz CT molecular complexity index is 2040. The molecule has 1 saturated heterocycles. The standard InChI is InChI=1S/C40H53F2N5O9S/c1-7-24-18-23(2)12-8-9-13-25-20-40(25,36(50)45-57(53,54)27-16-17-27)44-33(48)30-19-26(56-34-29-15-11-10-14-28(29)31(55-6)21-43-34)22-46(30)35(49)32(24)47(37(51)52)38(3,4)39(5,41)42/h9-11,13-15,21,23-27,30,32H,7-8,12,16-20,22H2,1-6H3,(H,44,48)(H,45,50)(H,51,52)/t23-,24+,25+,26+,30-,32-,40+/m0/s1. The van der Waals surface area contributed by atoms with Crippen molar-refractivity contribution in [1.29, 1.82) is 0 Å². The lowest BCUT2D eigenvalue weighted by Crippen LogP contribution is -2.67. The Labute approximate surface area is 331 Å². The molecular weight excluding hydrogens is 765 g/mol. The molecule has 2 saturated carbocycles. The molecule has 1 aromatic carbocycles. The molecule has 3 fully saturated rings. The first kappa shape index (κ1) is 42.1. The van der Waals surface area contributed by atoms with Gasteiger partial charge in [-0.25, -0.2) is 27.0 Å². The quantitative estimate of drug-likeness (QED) is 0.268. The Morgan fingerprint density at radius 2 is 1.81 bits per heavy atom. The fraction of sp³-hybridized carbons (Fsp3) is 0.625. The number of carboxylic acid groups (broad SMARTS) is 1. The number of carbonyl (C=O) groups is 4. The first-order chi connectivity index (χ1) is 26.8. The molecule has 2 aromatic rings. The summed E-state index contributed by atoms with van der Waals surface area (Å²) in [6.45, 7) is 6.23. The van der Waals surface area contributed by atoms with E-state index < -0.39 is 86.1 Å². The zero-order valence-corrected chi connectivity index (χ0v) is 34.0. The number of halogens is 2. The minimum atomic E-state index is -3.99. The molecule has 0 bridgehead atoms. The third-order valence-electron chi connectivity index (χ3n) is 12.3. The monoisotopic (exact) mass is 817 g/mol. The number of pyridine rings is 1. The van der Waals surface area contributed by atoms with Crippen LogP contribution in [0, 0.1) is 17.8 Å². The Balaban J connectivity index is 1.44. The number of aromatic nitrogens is 1. The van der Waals surface area contributed by atoms with Gasteiger partial charge in [-0.05, 0) is 70.3 Å². The maximum absolute atomic E-state index is 15.4. The van der Waals surface area contributed by atoms with E-state index in [9.17, 15) is 27.9 Å². The number of amides is 4. The molecule has 6 rings (SSSR count). The molecule has 0 radical (unpaired) electrons. The average Bonchev–Trinajstić information content (AvgIpc) is 4.07. The number of methoxy groups -OCH3 is 1. The third kappa shape index (κ3) is 8.26. The van der Waals surface area contributed by atoms with E-state index in [0.29, 0.717) is 60.4 Å². The van der Waals surface area contributed by atoms with Crippen molar-refractivity contribution >= 4 is 44.6 Å². The summed E-state index contributed by atoms with van der Waals surface area (Å²) in [6, 6.07) is 4.17. The third-order valence-corrected chi connectivity index (χ3v) is 14.1. The number of nitrogens with one attached hydrogen (secondary N) is 2. The number of ether oxygens (including phenoxy) is 2. The van der Waals surface area contributed by atoms with Crippen molar-refractivity contribution in [1.82, 2.24) is 24.8 Å². The highest BCUT2D eigenvalue weighted by Crippen LogP contribution is 2.47. The highest BCUT2D eigenvalue weighted by molar-refractivity contribution is 7.91. The SMILES string of the molecule is CC[C@@H]1C[C@@H](C)CCC=C[C@@H]2C[C@@]2(C(=O)NS(=O)(=O)C2CC2)NC(=O)[C@@H]2C[C@@H](Oc3ncc(OC)c4ccccc34)CN2C(=O)[C@H]1N(C(=O)O)C(C)(C)C(C)(F)F. The van der Waals surface area contributed by atoms with Crippen LogP contribution in [0.5, 0.6) is 11.6 Å². The largest absolute Gasteiger partial charge is 0.494 e. The van der Waals surface area contributed by atoms with Crippen LogP contribution in [-0.4, -0.2) is 106 Å². The normalized spacial score (nSPS) is 28.7. The molecule has 4 amide bonds. The van der Waals surface area contributed by atoms with Crippen LogP contribution < -0.4 is 19.5 Å². The number of allylic oxidation sites excluding steroid dienone is 1. The maximum Gasteiger partial charge on any atom is 0.408 e. The van der Waals surface area contributed by atoms with E-state index in [0.717, 1.165) is 13.8 Å². The first-order valence-electron chi connectivity index (χ1n) is 19.6. The molecule has 17 heteroatoms. The molecule has 0 unspecified atom stereocenters. The number of alkyl halides is 2. The van der Waals surface area contributed by atoms with Crippen molar-refractivity contribution in [3.63, 3.8) is 0 Å². The van der Waals surface area contributed by atoms with Gasteiger partial charge in [0, 0.05) is 30.0 Å². The predicted molar refractivity (Wildman–Crippen MR) is 206 cm³/mol. The highest BCUT2D eigenvalue weighted by atomic mass is 32.2. The van der Waals surface area contributed by atoms with E-state index in [1.54, 1.807) is 25.1 Å². The van der Waals surface area contributed by atoms with E-state index in [1.165, 1.54) is 18.2 Å². The molecule has 312 valence electrons. The predicted octanol–water partition coefficient (Wildman–Crippen LogP) is 5.26. The number of sulfonamides is 1. The van der Waals surface area contributed by atoms with E-state index in [-0.39, 0.29) is 37.6 Å². The highest BCUT2D eigenvalue weighted by Gasteiger charge is 2.63. The second-order valence-corrected chi connectivity index (χ2v) is 18.6. The summed E-state index contributed by atoms with van der Waals surface area (Å²) in [5.74, 6) is -6.83. The number of hydrogen-bond donors (Lipinski definition) is 3. The lowest BCUT2D eigenvalue weighted by Gasteiger charge is -2.47. The fourth-order valence-corrected chi connectivity index (χ4v) is 9.67. The van der Waals surface area contributed by atoms with Gasteiger partial charge in [0.1, 0.15) is 35.0 Å². The minimum Gasteiger partial charge on any atom is -0.494 e. The molecule has 2 aliphatic heterocycles. The van der Waals surface area contributed by atoms with Gasteiger partial charge in [-0.15, -0.1) is 0 Å². The lowest BCUT2D eigenvalue weighted by atomic mass is 9.81. The summed E-state index contributed by atoms with van der Waals surface area (Å²) in [7, 11) is -2.49. The van der Waals surface area contributed by atoms with E-state index >= 15 is 13.6 Å². The van der Waals surface area contributed by atoms with Gasteiger partial charge in [0.05, 0.1) is 25.1 Å². The summed E-state index contributed by atoms with van der Waals surface area (Å²) in [4.78, 5) is 63.0. The van der Waals surface area contributed by atoms with Crippen LogP contribution in [0.4, 0.5) is 13.6 Å². The van der Waals surface area contributed by atoms with Crippen LogP contribution in [0.25, 0.3) is 10.8 Å². The molecule has 3 N–H and O–H groups in total. The smallest absolute Gasteiger partial charge is 0.408 e. The molecule has 2 aliphatic carbocycles. The second-order valence-electron chi connectivity index (χ2n) is 16.7. The van der Waals surface area contributed by atoms with Gasteiger partial charge >= 0.3 is 6.09 Å². The summed E-state index contributed by atoms with van der Waals surface area (Å²) in [5.41, 5.74) is -4.01. The van der Waals surface area contributed by atoms with E-state index in [1.807, 2.05) is 25.1 Å². The van der Waals surface area contributed by atoms with Gasteiger partial charge in [-0.3, -0.25) is 24.0 Å². The van der Waals surface area contributed by atoms with Crippen LogP contribution in [0.2, 0.25) is 0 Å². The summed E-state index contributed by atoms with van der Waals surface area (Å²) in [6.07, 6.45) is 5.00. The summed E-state index contributed by atoms with van der Waals surface area (Å²) in [5, 5.41) is 14.0. The molecule has 7 atom stereocenters. The zero-order valence-electron chi connectivity index (χ0n) is 33.2. The number of hydrogen-bond acceptors (Lipinski definition) is 9. The van der Waals surface area contributed by atoms with Crippen molar-refractivity contribution in [3.8, 4) is 11.6 Å². The first-order valence-corrected chi connectivity index (χ1v) is 21.1. The van der Waals surface area contributed by atoms with Crippen molar-refractivity contribution < 1.29 is 51.0 Å². The molecule has 4 aliphatic rings. The minimum absolute atomic E-state index is 0.0866. The van der Waals surface area contributed by atoms with Gasteiger partial charge < -0.3 is 24.8 Å². The van der Waals surface area contributed by atoms with Crippen LogP contribution in [0.3, 0.4) is 0 Å². The average molecular weight is 818 g/mol. The van der Waals surface area contributed by atoms with Gasteiger partial charge in [0.15, 0.2) is 0 Å². The van der Waals surface area contributed by atoms with Crippen molar-refractivity contribution in [3.05, 3.63) is 42.6 Å². The van der Waals surface area contributed by atoms with Crippen molar-refractivity contribution in [2.24, 2.45) is 17.8 Å². The Kier molecular flexibility index (Phi) is 11.6. The fourth-order valence-electron chi connectivity index (χ4n) is 8.30. The number of carbonyl (C=O) groups excluding carboxylic acids is 3. The van der Waals surface area contributed by atoms with Gasteiger partial charge in [0.25, 0.3) is 11.8 Å². The number of rotatable bonds is 10. The molecule has 14 nitrogen and oxygen atoms in total. The van der Waals surface area contributed by atoms with Crippen LogP contribution in [-0.2, 0) is 24.4 Å². The maximum atomic E-state index is 15.4. The zero-order chi connectivity index (χ0) is 41.7. The van der Waals surface area contributed by atoms with Crippen molar-refractivity contribution in [2.75, 3.05) is 13.7 Å². The van der Waals surface area contributed by atoms with Gasteiger partial charge in [-0.1, -0.05) is 50.6 Å². The molecular formula is C40H53F2N5O9S. The molecule has 3 heterocycles. The second kappa shape index (κ2) is 15.7. The molecule has 0 spiro atoms. The number of nitrogens with zero attached hydrogens (tertiary/aromatic N) is 3. The van der Waals surface area contributed by atoms with Crippen molar-refractivity contribution in [2.45, 2.75) is 126 Å². The van der Waals surface area contributed by atoms with Crippen LogP contribution in [0.1, 0.15) is 86.0 Å². The topological polar surface area (TPSA) is 185 Å².